The van der Waals surface area contributed by atoms with E-state index in [4.69, 9.17) is 5.53 Å². The van der Waals surface area contributed by atoms with Gasteiger partial charge < -0.3 is 5.11 Å². The number of hydrogen-bond donors (Lipinski definition) is 1. The van der Waals surface area contributed by atoms with Crippen molar-refractivity contribution in [3.8, 4) is 5.75 Å². The van der Waals surface area contributed by atoms with Crippen LogP contribution in [0.2, 0.25) is 0 Å². The van der Waals surface area contributed by atoms with Crippen LogP contribution in [0.3, 0.4) is 0 Å². The average Bonchev–Trinajstić information content (AvgIpc) is 2.10. The topological polar surface area (TPSA) is 69.0 Å². The van der Waals surface area contributed by atoms with E-state index in [0.29, 0.717) is 12.3 Å². The Balaban J connectivity index is 3.05. The minimum absolute atomic E-state index is 0.310. The minimum Gasteiger partial charge on any atom is -0.507 e. The van der Waals surface area contributed by atoms with Gasteiger partial charge in [0.25, 0.3) is 0 Å². The molecule has 0 saturated heterocycles. The summed E-state index contributed by atoms with van der Waals surface area (Å²) >= 11 is 0. The van der Waals surface area contributed by atoms with E-state index < -0.39 is 0 Å². The van der Waals surface area contributed by atoms with Crippen LogP contribution in [0.15, 0.2) is 17.2 Å². The van der Waals surface area contributed by atoms with Gasteiger partial charge in [0.15, 0.2) is 0 Å². The van der Waals surface area contributed by atoms with Crippen molar-refractivity contribution < 1.29 is 5.11 Å². The molecule has 0 aromatic heterocycles. The second kappa shape index (κ2) is 3.83. The van der Waals surface area contributed by atoms with Gasteiger partial charge in [0.1, 0.15) is 5.75 Å². The van der Waals surface area contributed by atoms with Crippen molar-refractivity contribution in [3.63, 3.8) is 0 Å². The first-order valence-electron chi connectivity index (χ1n) is 3.95. The Morgan fingerprint density at radius 2 is 1.92 bits per heavy atom. The summed E-state index contributed by atoms with van der Waals surface area (Å²) in [5, 5.41) is 12.9. The summed E-state index contributed by atoms with van der Waals surface area (Å²) in [6.45, 7) is 3.97. The smallest absolute Gasteiger partial charge is 0.121 e. The lowest BCUT2D eigenvalue weighted by molar-refractivity contribution is 0.466. The second-order valence-corrected chi connectivity index (χ2v) is 2.97. The van der Waals surface area contributed by atoms with Crippen molar-refractivity contribution in [1.29, 1.82) is 0 Å². The van der Waals surface area contributed by atoms with Crippen molar-refractivity contribution >= 4 is 0 Å². The molecule has 0 spiro atoms. The number of azide groups is 1. The zero-order valence-electron chi connectivity index (χ0n) is 7.65. The molecule has 0 aliphatic carbocycles. The van der Waals surface area contributed by atoms with E-state index in [1.54, 1.807) is 0 Å². The van der Waals surface area contributed by atoms with Crippen LogP contribution in [0.1, 0.15) is 16.7 Å². The van der Waals surface area contributed by atoms with E-state index in [1.165, 1.54) is 0 Å². The van der Waals surface area contributed by atoms with Crippen LogP contribution >= 0.6 is 0 Å². The molecular formula is C9H11N3O. The van der Waals surface area contributed by atoms with E-state index in [9.17, 15) is 5.11 Å². The number of rotatable bonds is 2. The summed E-state index contributed by atoms with van der Waals surface area (Å²) < 4.78 is 0. The Labute approximate surface area is 76.5 Å². The molecule has 0 aliphatic heterocycles. The molecule has 1 rings (SSSR count). The molecule has 0 bridgehead atoms. The van der Waals surface area contributed by atoms with Crippen molar-refractivity contribution in [3.05, 3.63) is 39.3 Å². The van der Waals surface area contributed by atoms with E-state index in [0.717, 1.165) is 16.7 Å². The summed E-state index contributed by atoms with van der Waals surface area (Å²) in [5.74, 6) is 0.310. The van der Waals surface area contributed by atoms with Crippen LogP contribution in [-0.2, 0) is 6.54 Å². The maximum atomic E-state index is 9.45. The quantitative estimate of drug-likeness (QED) is 0.421. The highest BCUT2D eigenvalue weighted by atomic mass is 16.3. The highest BCUT2D eigenvalue weighted by molar-refractivity contribution is 5.42. The number of phenols is 1. The first-order chi connectivity index (χ1) is 6.15. The minimum atomic E-state index is 0.310. The van der Waals surface area contributed by atoms with Crippen molar-refractivity contribution in [1.82, 2.24) is 0 Å². The lowest BCUT2D eigenvalue weighted by atomic mass is 10.1. The SMILES string of the molecule is Cc1cc(CN=[N+]=[N-])cc(C)c1O. The Bertz CT molecular complexity index is 344. The van der Waals surface area contributed by atoms with E-state index in [2.05, 4.69) is 10.0 Å². The third-order valence-corrected chi connectivity index (χ3v) is 1.87. The fraction of sp³-hybridized carbons (Fsp3) is 0.333. The van der Waals surface area contributed by atoms with Gasteiger partial charge in [-0.25, -0.2) is 0 Å². The fourth-order valence-electron chi connectivity index (χ4n) is 1.25. The van der Waals surface area contributed by atoms with Crippen LogP contribution < -0.4 is 0 Å². The first kappa shape index (κ1) is 9.42. The van der Waals surface area contributed by atoms with Crippen LogP contribution in [0, 0.1) is 13.8 Å². The second-order valence-electron chi connectivity index (χ2n) is 2.97. The summed E-state index contributed by atoms with van der Waals surface area (Å²) in [5.41, 5.74) is 10.7. The molecule has 1 N–H and O–H groups in total. The molecule has 0 fully saturated rings. The molecule has 13 heavy (non-hydrogen) atoms. The largest absolute Gasteiger partial charge is 0.507 e. The van der Waals surface area contributed by atoms with Crippen molar-refractivity contribution in [2.75, 3.05) is 0 Å². The summed E-state index contributed by atoms with van der Waals surface area (Å²) in [6, 6.07) is 3.63. The Hall–Kier alpha value is -1.67. The van der Waals surface area contributed by atoms with Gasteiger partial charge in [0.2, 0.25) is 0 Å². The van der Waals surface area contributed by atoms with E-state index in [-0.39, 0.29) is 0 Å². The van der Waals surface area contributed by atoms with Gasteiger partial charge in [-0.1, -0.05) is 17.2 Å². The Morgan fingerprint density at radius 1 is 1.38 bits per heavy atom. The predicted octanol–water partition coefficient (Wildman–Crippen LogP) is 2.82. The molecule has 0 aliphatic rings. The normalized spacial score (nSPS) is 9.38. The zero-order chi connectivity index (χ0) is 9.84. The standard InChI is InChI=1S/C9H11N3O/c1-6-3-8(5-11-12-10)4-7(2)9(6)13/h3-4,13H,5H2,1-2H3. The first-order valence-corrected chi connectivity index (χ1v) is 3.95. The van der Waals surface area contributed by atoms with Gasteiger partial charge in [-0.05, 0) is 36.1 Å². The third kappa shape index (κ3) is 2.13. The van der Waals surface area contributed by atoms with Gasteiger partial charge in [-0.3, -0.25) is 0 Å². The highest BCUT2D eigenvalue weighted by Crippen LogP contribution is 2.23. The summed E-state index contributed by atoms with van der Waals surface area (Å²) in [7, 11) is 0. The van der Waals surface area contributed by atoms with Gasteiger partial charge >= 0.3 is 0 Å². The van der Waals surface area contributed by atoms with Crippen LogP contribution in [0.4, 0.5) is 0 Å². The van der Waals surface area contributed by atoms with Crippen LogP contribution in [-0.4, -0.2) is 5.11 Å². The van der Waals surface area contributed by atoms with E-state index in [1.807, 2.05) is 26.0 Å². The number of aryl methyl sites for hydroxylation is 2. The van der Waals surface area contributed by atoms with Crippen molar-refractivity contribution in [2.45, 2.75) is 20.4 Å². The molecule has 4 nitrogen and oxygen atoms in total. The molecule has 0 amide bonds. The Kier molecular flexibility index (Phi) is 2.77. The molecule has 68 valence electrons. The predicted molar refractivity (Wildman–Crippen MR) is 50.4 cm³/mol. The third-order valence-electron chi connectivity index (χ3n) is 1.87. The molecular weight excluding hydrogens is 166 g/mol. The van der Waals surface area contributed by atoms with Crippen molar-refractivity contribution in [2.24, 2.45) is 5.11 Å². The van der Waals surface area contributed by atoms with E-state index >= 15 is 0 Å². The molecule has 1 aromatic carbocycles. The lowest BCUT2D eigenvalue weighted by Crippen LogP contribution is -1.86. The molecule has 0 radical (unpaired) electrons. The molecule has 0 unspecified atom stereocenters. The monoisotopic (exact) mass is 177 g/mol. The number of benzene rings is 1. The van der Waals surface area contributed by atoms with Gasteiger partial charge in [-0.15, -0.1) is 0 Å². The van der Waals surface area contributed by atoms with Gasteiger partial charge in [0.05, 0.1) is 6.54 Å². The van der Waals surface area contributed by atoms with Crippen LogP contribution in [0.25, 0.3) is 10.4 Å². The summed E-state index contributed by atoms with van der Waals surface area (Å²) in [6.07, 6.45) is 0. The highest BCUT2D eigenvalue weighted by Gasteiger charge is 2.01. The zero-order valence-corrected chi connectivity index (χ0v) is 7.65. The summed E-state index contributed by atoms with van der Waals surface area (Å²) in [4.78, 5) is 2.68. The maximum Gasteiger partial charge on any atom is 0.121 e. The number of nitrogens with zero attached hydrogens (tertiary/aromatic N) is 3. The average molecular weight is 177 g/mol. The molecule has 0 heterocycles. The van der Waals surface area contributed by atoms with Gasteiger partial charge in [0, 0.05) is 4.91 Å². The fourth-order valence-corrected chi connectivity index (χ4v) is 1.25. The van der Waals surface area contributed by atoms with Gasteiger partial charge in [-0.2, -0.15) is 0 Å². The molecule has 4 heteroatoms. The maximum absolute atomic E-state index is 9.45. The molecule has 0 atom stereocenters. The Morgan fingerprint density at radius 3 is 2.38 bits per heavy atom. The molecule has 0 saturated carbocycles. The van der Waals surface area contributed by atoms with Crippen LogP contribution in [0.5, 0.6) is 5.75 Å². The molecule has 1 aromatic rings. The number of phenolic OH excluding ortho intramolecular Hbond substituents is 1. The number of aromatic hydroxyl groups is 1. The lowest BCUT2D eigenvalue weighted by Gasteiger charge is -2.05. The number of hydrogen-bond acceptors (Lipinski definition) is 2.